The van der Waals surface area contributed by atoms with Gasteiger partial charge in [0, 0.05) is 38.4 Å². The maximum Gasteiger partial charge on any atom is 0.251 e. The van der Waals surface area contributed by atoms with E-state index in [1.807, 2.05) is 55.4 Å². The predicted octanol–water partition coefficient (Wildman–Crippen LogP) is 3.46. The fourth-order valence-electron chi connectivity index (χ4n) is 3.76. The highest BCUT2D eigenvalue weighted by Gasteiger charge is 2.23. The molecule has 1 aliphatic heterocycles. The minimum Gasteiger partial charge on any atom is -0.508 e. The molecule has 1 aliphatic rings. The largest absolute Gasteiger partial charge is 0.508 e. The molecule has 150 valence electrons. The molecular formula is C23H31N3O2. The third-order valence-corrected chi connectivity index (χ3v) is 5.45. The number of carbonyl (C=O) groups is 1. The number of phenolic OH excluding ortho intramolecular Hbond substituents is 1. The number of aromatic hydroxyl groups is 1. The van der Waals surface area contributed by atoms with Gasteiger partial charge < -0.3 is 20.2 Å². The zero-order chi connectivity index (χ0) is 19.9. The van der Waals surface area contributed by atoms with Crippen molar-refractivity contribution in [3.63, 3.8) is 0 Å². The Kier molecular flexibility index (Phi) is 6.93. The van der Waals surface area contributed by atoms with Crippen molar-refractivity contribution in [2.24, 2.45) is 0 Å². The number of rotatable bonds is 8. The smallest absolute Gasteiger partial charge is 0.251 e. The summed E-state index contributed by atoms with van der Waals surface area (Å²) in [5, 5.41) is 12.7. The van der Waals surface area contributed by atoms with Crippen molar-refractivity contribution >= 4 is 11.6 Å². The van der Waals surface area contributed by atoms with Crippen LogP contribution in [0, 0.1) is 0 Å². The molecule has 0 saturated carbocycles. The number of unbranched alkanes of at least 4 members (excludes halogenated alkanes) is 1. The number of phenols is 1. The molecule has 1 amide bonds. The summed E-state index contributed by atoms with van der Waals surface area (Å²) in [6, 6.07) is 15.3. The molecule has 3 rings (SSSR count). The summed E-state index contributed by atoms with van der Waals surface area (Å²) in [5.74, 6) is 0.857. The Hall–Kier alpha value is -2.53. The molecule has 28 heavy (non-hydrogen) atoms. The van der Waals surface area contributed by atoms with Gasteiger partial charge in [0.15, 0.2) is 0 Å². The first-order chi connectivity index (χ1) is 13.5. The maximum atomic E-state index is 12.2. The van der Waals surface area contributed by atoms with Gasteiger partial charge in [0.2, 0.25) is 0 Å². The summed E-state index contributed by atoms with van der Waals surface area (Å²) in [7, 11) is 3.97. The van der Waals surface area contributed by atoms with Gasteiger partial charge >= 0.3 is 0 Å². The quantitative estimate of drug-likeness (QED) is 0.688. The average Bonchev–Trinajstić information content (AvgIpc) is 3.16. The van der Waals surface area contributed by atoms with Crippen molar-refractivity contribution in [1.82, 2.24) is 10.2 Å². The molecule has 0 radical (unpaired) electrons. The third kappa shape index (κ3) is 5.49. The lowest BCUT2D eigenvalue weighted by Crippen LogP contribution is -2.26. The van der Waals surface area contributed by atoms with Gasteiger partial charge in [-0.3, -0.25) is 4.79 Å². The van der Waals surface area contributed by atoms with E-state index in [1.54, 1.807) is 6.07 Å². The highest BCUT2D eigenvalue weighted by atomic mass is 16.3. The van der Waals surface area contributed by atoms with Crippen molar-refractivity contribution in [3.05, 3.63) is 59.7 Å². The van der Waals surface area contributed by atoms with Crippen LogP contribution in [0.3, 0.4) is 0 Å². The lowest BCUT2D eigenvalue weighted by molar-refractivity contribution is 0.0952. The van der Waals surface area contributed by atoms with Gasteiger partial charge in [-0.1, -0.05) is 12.1 Å². The normalized spacial score (nSPS) is 16.9. The minimum atomic E-state index is -0.00423. The summed E-state index contributed by atoms with van der Waals surface area (Å²) in [5.41, 5.74) is 3.03. The van der Waals surface area contributed by atoms with E-state index in [4.69, 9.17) is 0 Å². The monoisotopic (exact) mass is 381 g/mol. The summed E-state index contributed by atoms with van der Waals surface area (Å²) < 4.78 is 0. The Balaban J connectivity index is 1.33. The van der Waals surface area contributed by atoms with Crippen molar-refractivity contribution < 1.29 is 9.90 Å². The molecule has 2 aromatic rings. The highest BCUT2D eigenvalue weighted by molar-refractivity contribution is 5.94. The van der Waals surface area contributed by atoms with Crippen LogP contribution >= 0.6 is 0 Å². The molecule has 1 atom stereocenters. The average molecular weight is 382 g/mol. The lowest BCUT2D eigenvalue weighted by Gasteiger charge is -2.16. The van der Waals surface area contributed by atoms with E-state index in [-0.39, 0.29) is 5.91 Å². The van der Waals surface area contributed by atoms with Crippen LogP contribution in [0.15, 0.2) is 48.5 Å². The van der Waals surface area contributed by atoms with E-state index in [1.165, 1.54) is 5.56 Å². The number of hydrogen-bond acceptors (Lipinski definition) is 4. The van der Waals surface area contributed by atoms with E-state index in [0.717, 1.165) is 44.6 Å². The van der Waals surface area contributed by atoms with Gasteiger partial charge in [-0.2, -0.15) is 0 Å². The first kappa shape index (κ1) is 20.2. The van der Waals surface area contributed by atoms with Crippen LogP contribution in [0.2, 0.25) is 0 Å². The van der Waals surface area contributed by atoms with E-state index in [9.17, 15) is 9.90 Å². The molecule has 0 aromatic heterocycles. The maximum absolute atomic E-state index is 12.2. The zero-order valence-corrected chi connectivity index (χ0v) is 16.9. The van der Waals surface area contributed by atoms with Gasteiger partial charge in [-0.25, -0.2) is 0 Å². The summed E-state index contributed by atoms with van der Waals surface area (Å²) in [6.07, 6.45) is 3.20. The summed E-state index contributed by atoms with van der Waals surface area (Å²) in [4.78, 5) is 16.7. The number of likely N-dealkylation sites (tertiary alicyclic amines) is 1. The minimum absolute atomic E-state index is 0.00423. The van der Waals surface area contributed by atoms with E-state index >= 15 is 0 Å². The van der Waals surface area contributed by atoms with Crippen LogP contribution in [0.25, 0.3) is 0 Å². The Bertz CT molecular complexity index is 774. The summed E-state index contributed by atoms with van der Waals surface area (Å²) in [6.45, 7) is 3.92. The number of amides is 1. The number of hydrogen-bond donors (Lipinski definition) is 2. The zero-order valence-electron chi connectivity index (χ0n) is 16.9. The number of carbonyl (C=O) groups excluding carboxylic acids is 1. The molecule has 1 heterocycles. The summed E-state index contributed by atoms with van der Waals surface area (Å²) >= 11 is 0. The SMILES string of the molecule is CN(C)c1ccc(C(=O)NCCCCN2CCC(c3cccc(O)c3)C2)cc1. The van der Waals surface area contributed by atoms with E-state index in [2.05, 4.69) is 16.3 Å². The van der Waals surface area contributed by atoms with E-state index in [0.29, 0.717) is 23.8 Å². The molecule has 5 heteroatoms. The van der Waals surface area contributed by atoms with Crippen LogP contribution in [-0.2, 0) is 0 Å². The van der Waals surface area contributed by atoms with Crippen LogP contribution < -0.4 is 10.2 Å². The van der Waals surface area contributed by atoms with Gasteiger partial charge in [-0.05, 0) is 80.2 Å². The van der Waals surface area contributed by atoms with E-state index < -0.39 is 0 Å². The second-order valence-electron chi connectivity index (χ2n) is 7.79. The van der Waals surface area contributed by atoms with Crippen LogP contribution in [0.5, 0.6) is 5.75 Å². The second-order valence-corrected chi connectivity index (χ2v) is 7.79. The number of nitrogens with one attached hydrogen (secondary N) is 1. The molecular weight excluding hydrogens is 350 g/mol. The van der Waals surface area contributed by atoms with Crippen LogP contribution in [0.4, 0.5) is 5.69 Å². The predicted molar refractivity (Wildman–Crippen MR) is 114 cm³/mol. The first-order valence-corrected chi connectivity index (χ1v) is 10.1. The van der Waals surface area contributed by atoms with Crippen molar-refractivity contribution in [2.45, 2.75) is 25.2 Å². The topological polar surface area (TPSA) is 55.8 Å². The van der Waals surface area contributed by atoms with Crippen molar-refractivity contribution in [2.75, 3.05) is 45.2 Å². The first-order valence-electron chi connectivity index (χ1n) is 10.1. The third-order valence-electron chi connectivity index (χ3n) is 5.45. The number of benzene rings is 2. The van der Waals surface area contributed by atoms with Crippen molar-refractivity contribution in [1.29, 1.82) is 0 Å². The Morgan fingerprint density at radius 2 is 1.96 bits per heavy atom. The standard InChI is InChI=1S/C23H31N3O2/c1-25(2)21-10-8-18(9-11-21)23(28)24-13-3-4-14-26-15-12-20(17-26)19-6-5-7-22(27)16-19/h5-11,16,20,27H,3-4,12-15,17H2,1-2H3,(H,24,28). The fraction of sp³-hybridized carbons (Fsp3) is 0.435. The van der Waals surface area contributed by atoms with Gasteiger partial charge in [0.1, 0.15) is 5.75 Å². The molecule has 2 N–H and O–H groups in total. The molecule has 0 aliphatic carbocycles. The molecule has 5 nitrogen and oxygen atoms in total. The second kappa shape index (κ2) is 9.60. The van der Waals surface area contributed by atoms with Gasteiger partial charge in [0.05, 0.1) is 0 Å². The molecule has 0 spiro atoms. The van der Waals surface area contributed by atoms with Crippen LogP contribution in [-0.4, -0.2) is 56.2 Å². The Morgan fingerprint density at radius 3 is 2.68 bits per heavy atom. The molecule has 0 bridgehead atoms. The molecule has 1 fully saturated rings. The Morgan fingerprint density at radius 1 is 1.18 bits per heavy atom. The number of nitrogens with zero attached hydrogens (tertiary/aromatic N) is 2. The van der Waals surface area contributed by atoms with Gasteiger partial charge in [-0.15, -0.1) is 0 Å². The molecule has 1 saturated heterocycles. The van der Waals surface area contributed by atoms with Crippen LogP contribution in [0.1, 0.15) is 41.1 Å². The Labute approximate surface area is 168 Å². The highest BCUT2D eigenvalue weighted by Crippen LogP contribution is 2.29. The number of anilines is 1. The molecule has 2 aromatic carbocycles. The fourth-order valence-corrected chi connectivity index (χ4v) is 3.76. The van der Waals surface area contributed by atoms with Gasteiger partial charge in [0.25, 0.3) is 5.91 Å². The lowest BCUT2D eigenvalue weighted by atomic mass is 9.98. The van der Waals surface area contributed by atoms with Crippen molar-refractivity contribution in [3.8, 4) is 5.75 Å². The molecule has 1 unspecified atom stereocenters.